The lowest BCUT2D eigenvalue weighted by Crippen LogP contribution is -2.37. The third kappa shape index (κ3) is 54.3. The lowest BCUT2D eigenvalue weighted by atomic mass is 10.0. The molecule has 0 rings (SSSR count). The molecule has 2 unspecified atom stereocenters. The normalized spacial score (nSPS) is 13.4. The first-order valence-corrected chi connectivity index (χ1v) is 30.3. The van der Waals surface area contributed by atoms with Gasteiger partial charge in [0.1, 0.15) is 19.3 Å². The Hall–Kier alpha value is -0.500. The summed E-state index contributed by atoms with van der Waals surface area (Å²) in [5, 5.41) is 0. The van der Waals surface area contributed by atoms with E-state index in [1.54, 1.807) is 0 Å². The van der Waals surface area contributed by atoms with E-state index in [0.29, 0.717) is 24.1 Å². The third-order valence-electron chi connectivity index (χ3n) is 13.2. The zero-order valence-electron chi connectivity index (χ0n) is 44.5. The third-order valence-corrected chi connectivity index (χ3v) is 14.2. The number of quaternary nitrogens is 1. The first kappa shape index (κ1) is 64.5. The Bertz CT molecular complexity index is 1010. The Morgan fingerprint density at radius 1 is 0.415 bits per heavy atom. The van der Waals surface area contributed by atoms with Crippen molar-refractivity contribution in [3.8, 4) is 0 Å². The van der Waals surface area contributed by atoms with Crippen LogP contribution in [0.5, 0.6) is 0 Å². The number of hydrogen-bond acceptors (Lipinski definition) is 6. The first-order chi connectivity index (χ1) is 31.6. The van der Waals surface area contributed by atoms with Gasteiger partial charge in [0.25, 0.3) is 0 Å². The first-order valence-electron chi connectivity index (χ1n) is 28.8. The van der Waals surface area contributed by atoms with Crippen LogP contribution < -0.4 is 0 Å². The molecule has 390 valence electrons. The number of rotatable bonds is 55. The fraction of sp³-hybridized carbons (Fsp3) is 0.982. The van der Waals surface area contributed by atoms with E-state index in [4.69, 9.17) is 18.5 Å². The van der Waals surface area contributed by atoms with Crippen LogP contribution in [-0.4, -0.2) is 75.6 Å². The zero-order valence-corrected chi connectivity index (χ0v) is 45.4. The molecule has 0 aliphatic heterocycles. The van der Waals surface area contributed by atoms with Crippen molar-refractivity contribution in [3.63, 3.8) is 0 Å². The van der Waals surface area contributed by atoms with Crippen LogP contribution in [0.4, 0.5) is 0 Å². The Kier molecular flexibility index (Phi) is 49.5. The van der Waals surface area contributed by atoms with Crippen LogP contribution in [-0.2, 0) is 27.9 Å². The predicted octanol–water partition coefficient (Wildman–Crippen LogP) is 18.0. The standard InChI is InChI=1S/C56H114NO7P/c1-6-8-10-12-14-16-18-20-22-24-26-27-28-29-30-32-34-36-38-40-42-44-46-48-51-61-53-55(54-63-65(59,60)62-52-50-57(3,4)5)64-56(58)49-47-45-43-41-39-37-35-33-31-25-23-21-19-17-15-13-11-9-7-2/h55H,6-54H2,1-5H3/p+1. The highest BCUT2D eigenvalue weighted by Crippen LogP contribution is 2.43. The molecule has 0 heterocycles. The summed E-state index contributed by atoms with van der Waals surface area (Å²) in [4.78, 5) is 23.1. The molecule has 0 saturated carbocycles. The highest BCUT2D eigenvalue weighted by Gasteiger charge is 2.26. The van der Waals surface area contributed by atoms with E-state index in [0.717, 1.165) is 32.1 Å². The van der Waals surface area contributed by atoms with Crippen molar-refractivity contribution in [2.45, 2.75) is 302 Å². The van der Waals surface area contributed by atoms with Gasteiger partial charge in [0.05, 0.1) is 34.4 Å². The fourth-order valence-electron chi connectivity index (χ4n) is 8.73. The van der Waals surface area contributed by atoms with Crippen molar-refractivity contribution in [1.82, 2.24) is 0 Å². The van der Waals surface area contributed by atoms with E-state index in [9.17, 15) is 14.3 Å². The summed E-state index contributed by atoms with van der Waals surface area (Å²) in [6.07, 6.45) is 57.4. The van der Waals surface area contributed by atoms with Gasteiger partial charge in [-0.2, -0.15) is 0 Å². The minimum Gasteiger partial charge on any atom is -0.457 e. The number of phosphoric acid groups is 1. The molecule has 65 heavy (non-hydrogen) atoms. The number of nitrogens with zero attached hydrogens (tertiary/aromatic N) is 1. The molecular formula is C56H115NO7P+. The molecule has 0 fully saturated rings. The van der Waals surface area contributed by atoms with Crippen LogP contribution in [0, 0.1) is 0 Å². The Balaban J connectivity index is 4.00. The molecule has 0 radical (unpaired) electrons. The second-order valence-corrected chi connectivity index (χ2v) is 22.5. The summed E-state index contributed by atoms with van der Waals surface area (Å²) in [5.41, 5.74) is 0. The minimum atomic E-state index is -4.28. The van der Waals surface area contributed by atoms with E-state index < -0.39 is 13.9 Å². The van der Waals surface area contributed by atoms with Crippen LogP contribution in [0.3, 0.4) is 0 Å². The van der Waals surface area contributed by atoms with Crippen molar-refractivity contribution in [3.05, 3.63) is 0 Å². The summed E-state index contributed by atoms with van der Waals surface area (Å²) < 4.78 is 35.3. The van der Waals surface area contributed by atoms with Crippen LogP contribution in [0.15, 0.2) is 0 Å². The zero-order chi connectivity index (χ0) is 47.6. The molecule has 0 amide bonds. The molecule has 8 nitrogen and oxygen atoms in total. The van der Waals surface area contributed by atoms with E-state index in [1.165, 1.54) is 244 Å². The van der Waals surface area contributed by atoms with Crippen LogP contribution in [0.2, 0.25) is 0 Å². The molecular weight excluding hydrogens is 830 g/mol. The summed E-state index contributed by atoms with van der Waals surface area (Å²) in [5.74, 6) is -0.303. The minimum absolute atomic E-state index is 0.0944. The molecule has 9 heteroatoms. The van der Waals surface area contributed by atoms with E-state index in [2.05, 4.69) is 13.8 Å². The number of carbonyl (C=O) groups excluding carboxylic acids is 1. The Labute approximate surface area is 406 Å². The van der Waals surface area contributed by atoms with Gasteiger partial charge >= 0.3 is 13.8 Å². The lowest BCUT2D eigenvalue weighted by molar-refractivity contribution is -0.870. The second-order valence-electron chi connectivity index (χ2n) is 21.0. The molecule has 0 spiro atoms. The highest BCUT2D eigenvalue weighted by molar-refractivity contribution is 7.47. The number of likely N-dealkylation sites (N-methyl/N-ethyl adjacent to an activating group) is 1. The van der Waals surface area contributed by atoms with Crippen LogP contribution in [0.25, 0.3) is 0 Å². The number of esters is 1. The Morgan fingerprint density at radius 2 is 0.708 bits per heavy atom. The predicted molar refractivity (Wildman–Crippen MR) is 280 cm³/mol. The van der Waals surface area contributed by atoms with Crippen molar-refractivity contribution in [2.75, 3.05) is 54.1 Å². The van der Waals surface area contributed by atoms with Crippen molar-refractivity contribution in [2.24, 2.45) is 0 Å². The number of unbranched alkanes of at least 4 members (excludes halogenated alkanes) is 41. The van der Waals surface area contributed by atoms with Crippen LogP contribution in [0.1, 0.15) is 296 Å². The van der Waals surface area contributed by atoms with Crippen molar-refractivity contribution < 1.29 is 37.3 Å². The Morgan fingerprint density at radius 3 is 1.02 bits per heavy atom. The highest BCUT2D eigenvalue weighted by atomic mass is 31.2. The molecule has 0 bridgehead atoms. The smallest absolute Gasteiger partial charge is 0.457 e. The SMILES string of the molecule is CCCCCCCCCCCCCCCCCCCCCCCCCCOCC(COP(=O)(O)OCC[N+](C)(C)C)OC(=O)CCCCCCCCCCCCCCCCCCCCC. The topological polar surface area (TPSA) is 91.3 Å². The van der Waals surface area contributed by atoms with E-state index in [1.807, 2.05) is 21.1 Å². The average molecular weight is 946 g/mol. The molecule has 0 aliphatic carbocycles. The molecule has 0 saturated heterocycles. The van der Waals surface area contributed by atoms with Gasteiger partial charge in [-0.15, -0.1) is 0 Å². The molecule has 0 aromatic carbocycles. The number of phosphoric ester groups is 1. The number of carbonyl (C=O) groups is 1. The van der Waals surface area contributed by atoms with Gasteiger partial charge in [-0.05, 0) is 12.8 Å². The van der Waals surface area contributed by atoms with Crippen LogP contribution >= 0.6 is 7.82 Å². The quantitative estimate of drug-likeness (QED) is 0.0281. The molecule has 0 aromatic rings. The van der Waals surface area contributed by atoms with Gasteiger partial charge in [-0.3, -0.25) is 13.8 Å². The summed E-state index contributed by atoms with van der Waals surface area (Å²) in [7, 11) is 1.69. The maximum absolute atomic E-state index is 12.8. The molecule has 2 atom stereocenters. The largest absolute Gasteiger partial charge is 0.472 e. The van der Waals surface area contributed by atoms with Gasteiger partial charge in [-0.1, -0.05) is 277 Å². The average Bonchev–Trinajstić information content (AvgIpc) is 3.27. The summed E-state index contributed by atoms with van der Waals surface area (Å²) in [6.45, 7) is 5.72. The van der Waals surface area contributed by atoms with E-state index in [-0.39, 0.29) is 25.8 Å². The summed E-state index contributed by atoms with van der Waals surface area (Å²) in [6, 6.07) is 0. The fourth-order valence-corrected chi connectivity index (χ4v) is 9.48. The monoisotopic (exact) mass is 945 g/mol. The molecule has 0 aliphatic rings. The second kappa shape index (κ2) is 49.9. The molecule has 1 N–H and O–H groups in total. The van der Waals surface area contributed by atoms with Crippen molar-refractivity contribution in [1.29, 1.82) is 0 Å². The number of hydrogen-bond donors (Lipinski definition) is 1. The van der Waals surface area contributed by atoms with Crippen molar-refractivity contribution >= 4 is 13.8 Å². The van der Waals surface area contributed by atoms with E-state index >= 15 is 0 Å². The lowest BCUT2D eigenvalue weighted by Gasteiger charge is -2.24. The van der Waals surface area contributed by atoms with Gasteiger partial charge in [0, 0.05) is 13.0 Å². The number of ether oxygens (including phenoxy) is 2. The molecule has 0 aromatic heterocycles. The summed E-state index contributed by atoms with van der Waals surface area (Å²) >= 11 is 0. The van der Waals surface area contributed by atoms with Gasteiger partial charge in [0.2, 0.25) is 0 Å². The maximum atomic E-state index is 12.8. The van der Waals surface area contributed by atoms with Gasteiger partial charge < -0.3 is 18.9 Å². The van der Waals surface area contributed by atoms with Gasteiger partial charge in [0.15, 0.2) is 0 Å². The maximum Gasteiger partial charge on any atom is 0.472 e. The van der Waals surface area contributed by atoms with Gasteiger partial charge in [-0.25, -0.2) is 4.57 Å².